The highest BCUT2D eigenvalue weighted by molar-refractivity contribution is 5.75. The SMILES string of the molecule is Cc1ccccc1-c1c(C)c(N2CCCCc3ccccc32)cc[n+]1C. The van der Waals surface area contributed by atoms with Gasteiger partial charge in [-0.3, -0.25) is 0 Å². The predicted molar refractivity (Wildman–Crippen MR) is 109 cm³/mol. The molecular weight excluding hydrogens is 316 g/mol. The molecule has 0 saturated heterocycles. The molecule has 1 aliphatic heterocycles. The second-order valence-electron chi connectivity index (χ2n) is 7.34. The van der Waals surface area contributed by atoms with Crippen molar-refractivity contribution in [3.05, 3.63) is 77.5 Å². The van der Waals surface area contributed by atoms with Crippen LogP contribution in [0.2, 0.25) is 0 Å². The summed E-state index contributed by atoms with van der Waals surface area (Å²) in [5.74, 6) is 0. The molecule has 0 atom stereocenters. The third-order valence-electron chi connectivity index (χ3n) is 5.60. The molecule has 0 amide bonds. The van der Waals surface area contributed by atoms with Crippen LogP contribution < -0.4 is 9.47 Å². The van der Waals surface area contributed by atoms with Crippen molar-refractivity contribution in [2.24, 2.45) is 7.05 Å². The van der Waals surface area contributed by atoms with Crippen LogP contribution in [-0.4, -0.2) is 6.54 Å². The third kappa shape index (κ3) is 2.90. The molecule has 1 aromatic heterocycles. The first kappa shape index (κ1) is 16.8. The Bertz CT molecular complexity index is 943. The molecule has 2 heteroatoms. The van der Waals surface area contributed by atoms with Crippen LogP contribution in [0.25, 0.3) is 11.3 Å². The van der Waals surface area contributed by atoms with Crippen molar-refractivity contribution in [1.29, 1.82) is 0 Å². The normalized spacial score (nSPS) is 14.0. The van der Waals surface area contributed by atoms with Crippen molar-refractivity contribution in [2.75, 3.05) is 11.4 Å². The molecular formula is C24H27N2+. The van der Waals surface area contributed by atoms with Gasteiger partial charge in [0, 0.05) is 29.4 Å². The van der Waals surface area contributed by atoms with E-state index in [1.54, 1.807) is 0 Å². The minimum atomic E-state index is 1.08. The minimum Gasteiger partial charge on any atom is -0.341 e. The van der Waals surface area contributed by atoms with Gasteiger partial charge in [-0.1, -0.05) is 36.4 Å². The zero-order chi connectivity index (χ0) is 18.1. The smallest absolute Gasteiger partial charge is 0.217 e. The van der Waals surface area contributed by atoms with E-state index in [-0.39, 0.29) is 0 Å². The summed E-state index contributed by atoms with van der Waals surface area (Å²) in [6.45, 7) is 5.55. The molecule has 2 nitrogen and oxygen atoms in total. The van der Waals surface area contributed by atoms with E-state index < -0.39 is 0 Å². The van der Waals surface area contributed by atoms with Crippen molar-refractivity contribution in [2.45, 2.75) is 33.1 Å². The molecule has 0 radical (unpaired) electrons. The van der Waals surface area contributed by atoms with E-state index in [0.717, 1.165) is 6.54 Å². The van der Waals surface area contributed by atoms with Gasteiger partial charge in [0.05, 0.1) is 5.69 Å². The van der Waals surface area contributed by atoms with Crippen LogP contribution in [0.3, 0.4) is 0 Å². The minimum absolute atomic E-state index is 1.08. The van der Waals surface area contributed by atoms with E-state index in [0.29, 0.717) is 0 Å². The van der Waals surface area contributed by atoms with E-state index in [9.17, 15) is 0 Å². The number of aryl methyl sites for hydroxylation is 3. The summed E-state index contributed by atoms with van der Waals surface area (Å²) < 4.78 is 2.25. The van der Waals surface area contributed by atoms with Crippen molar-refractivity contribution >= 4 is 11.4 Å². The molecule has 0 fully saturated rings. The number of anilines is 2. The number of aromatic nitrogens is 1. The standard InChI is InChI=1S/C24H27N2/c1-18-10-4-6-13-21(18)24-19(2)22(15-17-25(24)3)26-16-9-8-12-20-11-5-7-14-23(20)26/h4-7,10-11,13-15,17H,8-9,12,16H2,1-3H3/q+1. The van der Waals surface area contributed by atoms with E-state index in [4.69, 9.17) is 0 Å². The molecule has 0 N–H and O–H groups in total. The summed E-state index contributed by atoms with van der Waals surface area (Å²) in [5, 5.41) is 0. The van der Waals surface area contributed by atoms with Crippen LogP contribution in [0.1, 0.15) is 29.5 Å². The molecule has 132 valence electrons. The summed E-state index contributed by atoms with van der Waals surface area (Å²) in [6.07, 6.45) is 5.88. The first-order valence-corrected chi connectivity index (χ1v) is 9.57. The zero-order valence-electron chi connectivity index (χ0n) is 16.0. The summed E-state index contributed by atoms with van der Waals surface area (Å²) in [5.41, 5.74) is 9.46. The molecule has 26 heavy (non-hydrogen) atoms. The summed E-state index contributed by atoms with van der Waals surface area (Å²) >= 11 is 0. The first-order chi connectivity index (χ1) is 12.7. The highest BCUT2D eigenvalue weighted by atomic mass is 15.1. The van der Waals surface area contributed by atoms with Gasteiger partial charge in [-0.05, 0) is 56.4 Å². The van der Waals surface area contributed by atoms with E-state index in [2.05, 4.69) is 91.2 Å². The number of fused-ring (bicyclic) bond motifs is 1. The first-order valence-electron chi connectivity index (χ1n) is 9.57. The van der Waals surface area contributed by atoms with Crippen LogP contribution in [0.4, 0.5) is 11.4 Å². The molecule has 2 aromatic carbocycles. The quantitative estimate of drug-likeness (QED) is 0.575. The number of hydrogen-bond acceptors (Lipinski definition) is 1. The number of hydrogen-bond donors (Lipinski definition) is 0. The molecule has 2 heterocycles. The second-order valence-corrected chi connectivity index (χ2v) is 7.34. The number of nitrogens with zero attached hydrogens (tertiary/aromatic N) is 2. The van der Waals surface area contributed by atoms with Gasteiger partial charge in [-0.2, -0.15) is 0 Å². The number of rotatable bonds is 2. The summed E-state index contributed by atoms with van der Waals surface area (Å²) in [4.78, 5) is 2.53. The van der Waals surface area contributed by atoms with Crippen LogP contribution in [0.5, 0.6) is 0 Å². The third-order valence-corrected chi connectivity index (χ3v) is 5.60. The molecule has 0 aliphatic carbocycles. The molecule has 4 rings (SSSR count). The Kier molecular flexibility index (Phi) is 4.50. The van der Waals surface area contributed by atoms with Crippen molar-refractivity contribution in [3.63, 3.8) is 0 Å². The maximum Gasteiger partial charge on any atom is 0.217 e. The van der Waals surface area contributed by atoms with Crippen molar-refractivity contribution < 1.29 is 4.57 Å². The molecule has 0 spiro atoms. The van der Waals surface area contributed by atoms with Gasteiger partial charge in [-0.25, -0.2) is 4.57 Å². The van der Waals surface area contributed by atoms with Gasteiger partial charge in [0.1, 0.15) is 7.05 Å². The van der Waals surface area contributed by atoms with Crippen molar-refractivity contribution in [3.8, 4) is 11.3 Å². The Balaban J connectivity index is 1.89. The Morgan fingerprint density at radius 2 is 1.62 bits per heavy atom. The maximum atomic E-state index is 2.53. The van der Waals surface area contributed by atoms with Crippen LogP contribution in [-0.2, 0) is 13.5 Å². The number of benzene rings is 2. The van der Waals surface area contributed by atoms with Gasteiger partial charge in [0.15, 0.2) is 6.20 Å². The van der Waals surface area contributed by atoms with E-state index in [1.165, 1.54) is 58.6 Å². The van der Waals surface area contributed by atoms with Gasteiger partial charge < -0.3 is 4.90 Å². The average molecular weight is 343 g/mol. The van der Waals surface area contributed by atoms with Gasteiger partial charge >= 0.3 is 0 Å². The molecule has 0 saturated carbocycles. The monoisotopic (exact) mass is 343 g/mol. The summed E-state index contributed by atoms with van der Waals surface area (Å²) in [6, 6.07) is 19.9. The topological polar surface area (TPSA) is 7.12 Å². The predicted octanol–water partition coefficient (Wildman–Crippen LogP) is 5.27. The molecule has 3 aromatic rings. The lowest BCUT2D eigenvalue weighted by Gasteiger charge is -2.27. The average Bonchev–Trinajstić information content (AvgIpc) is 2.86. The van der Waals surface area contributed by atoms with E-state index in [1.807, 2.05) is 0 Å². The Morgan fingerprint density at radius 1 is 0.846 bits per heavy atom. The fraction of sp³-hybridized carbons (Fsp3) is 0.292. The van der Waals surface area contributed by atoms with Crippen LogP contribution in [0.15, 0.2) is 60.8 Å². The Labute approximate surface area is 156 Å². The lowest BCUT2D eigenvalue weighted by atomic mass is 9.99. The fourth-order valence-corrected chi connectivity index (χ4v) is 4.23. The van der Waals surface area contributed by atoms with Crippen LogP contribution >= 0.6 is 0 Å². The number of para-hydroxylation sites is 1. The zero-order valence-corrected chi connectivity index (χ0v) is 16.0. The van der Waals surface area contributed by atoms with Crippen LogP contribution in [0, 0.1) is 13.8 Å². The van der Waals surface area contributed by atoms with Gasteiger partial charge in [-0.15, -0.1) is 0 Å². The Hall–Kier alpha value is -2.61. The highest BCUT2D eigenvalue weighted by Crippen LogP contribution is 2.36. The lowest BCUT2D eigenvalue weighted by molar-refractivity contribution is -0.660. The molecule has 1 aliphatic rings. The maximum absolute atomic E-state index is 2.53. The van der Waals surface area contributed by atoms with E-state index >= 15 is 0 Å². The Morgan fingerprint density at radius 3 is 2.46 bits per heavy atom. The fourth-order valence-electron chi connectivity index (χ4n) is 4.23. The number of pyridine rings is 1. The summed E-state index contributed by atoms with van der Waals surface area (Å²) in [7, 11) is 2.15. The molecule has 0 unspecified atom stereocenters. The van der Waals surface area contributed by atoms with Crippen molar-refractivity contribution in [1.82, 2.24) is 0 Å². The van der Waals surface area contributed by atoms with Gasteiger partial charge in [0.2, 0.25) is 5.69 Å². The second kappa shape index (κ2) is 6.95. The largest absolute Gasteiger partial charge is 0.341 e. The lowest BCUT2D eigenvalue weighted by Crippen LogP contribution is -2.33. The highest BCUT2D eigenvalue weighted by Gasteiger charge is 2.24. The van der Waals surface area contributed by atoms with Gasteiger partial charge in [0.25, 0.3) is 0 Å². The molecule has 0 bridgehead atoms.